The van der Waals surface area contributed by atoms with Crippen molar-refractivity contribution < 1.29 is 9.53 Å². The average Bonchev–Trinajstić information content (AvgIpc) is 2.29. The summed E-state index contributed by atoms with van der Waals surface area (Å²) in [4.78, 5) is 15.9. The van der Waals surface area contributed by atoms with Gasteiger partial charge in [0, 0.05) is 12.6 Å². The molecule has 1 fully saturated rings. The minimum Gasteiger partial charge on any atom is -0.378 e. The molecule has 1 aromatic rings. The molecule has 1 aromatic heterocycles. The van der Waals surface area contributed by atoms with E-state index in [1.165, 1.54) is 0 Å². The van der Waals surface area contributed by atoms with Gasteiger partial charge in [0.15, 0.2) is 0 Å². The fourth-order valence-corrected chi connectivity index (χ4v) is 2.23. The highest BCUT2D eigenvalue weighted by molar-refractivity contribution is 6.34. The second kappa shape index (κ2) is 5.87. The summed E-state index contributed by atoms with van der Waals surface area (Å²) in [5.74, 6) is -0.289. The summed E-state index contributed by atoms with van der Waals surface area (Å²) in [6.07, 6.45) is 1.92. The van der Waals surface area contributed by atoms with Crippen LogP contribution in [0, 0.1) is 0 Å². The Labute approximate surface area is 116 Å². The lowest BCUT2D eigenvalue weighted by atomic mass is 9.89. The molecule has 1 heterocycles. The highest BCUT2D eigenvalue weighted by Gasteiger charge is 2.31. The zero-order chi connectivity index (χ0) is 13.1. The Hall–Kier alpha value is -0.840. The van der Waals surface area contributed by atoms with E-state index in [0.717, 1.165) is 12.8 Å². The summed E-state index contributed by atoms with van der Waals surface area (Å²) in [7, 11) is 0. The quantitative estimate of drug-likeness (QED) is 0.867. The van der Waals surface area contributed by atoms with Crippen LogP contribution in [0.25, 0.3) is 0 Å². The molecule has 1 saturated carbocycles. The van der Waals surface area contributed by atoms with Crippen molar-refractivity contribution in [3.63, 3.8) is 0 Å². The van der Waals surface area contributed by atoms with E-state index in [2.05, 4.69) is 10.3 Å². The summed E-state index contributed by atoms with van der Waals surface area (Å²) >= 11 is 11.6. The van der Waals surface area contributed by atoms with Gasteiger partial charge in [-0.15, -0.1) is 0 Å². The van der Waals surface area contributed by atoms with E-state index in [4.69, 9.17) is 27.9 Å². The number of pyridine rings is 1. The summed E-state index contributed by atoms with van der Waals surface area (Å²) < 4.78 is 5.42. The zero-order valence-electron chi connectivity index (χ0n) is 9.95. The maximum atomic E-state index is 11.9. The number of nitrogens with zero attached hydrogens (tertiary/aromatic N) is 1. The maximum Gasteiger partial charge on any atom is 0.271 e. The first-order chi connectivity index (χ1) is 8.60. The third-order valence-electron chi connectivity index (χ3n) is 2.86. The van der Waals surface area contributed by atoms with Gasteiger partial charge in [-0.05, 0) is 31.9 Å². The van der Waals surface area contributed by atoms with Crippen LogP contribution < -0.4 is 5.32 Å². The predicted molar refractivity (Wildman–Crippen MR) is 70.2 cm³/mol. The van der Waals surface area contributed by atoms with Crippen LogP contribution >= 0.6 is 23.2 Å². The number of aromatic nitrogens is 1. The summed E-state index contributed by atoms with van der Waals surface area (Å²) in [5.41, 5.74) is 0.170. The summed E-state index contributed by atoms with van der Waals surface area (Å²) in [6, 6.07) is 3.25. The third-order valence-corrected chi connectivity index (χ3v) is 3.38. The van der Waals surface area contributed by atoms with E-state index in [1.54, 1.807) is 12.1 Å². The number of hydrogen-bond acceptors (Lipinski definition) is 3. The van der Waals surface area contributed by atoms with Crippen LogP contribution in [0.4, 0.5) is 0 Å². The topological polar surface area (TPSA) is 51.2 Å². The highest BCUT2D eigenvalue weighted by Crippen LogP contribution is 2.24. The van der Waals surface area contributed by atoms with Crippen molar-refractivity contribution in [2.75, 3.05) is 6.61 Å². The van der Waals surface area contributed by atoms with Gasteiger partial charge in [0.2, 0.25) is 0 Å². The molecule has 0 aliphatic heterocycles. The molecule has 0 bridgehead atoms. The molecule has 0 spiro atoms. The van der Waals surface area contributed by atoms with Crippen molar-refractivity contribution in [2.45, 2.75) is 31.9 Å². The van der Waals surface area contributed by atoms with Crippen molar-refractivity contribution in [3.8, 4) is 0 Å². The Kier molecular flexibility index (Phi) is 4.43. The average molecular weight is 289 g/mol. The number of amides is 1. The predicted octanol–water partition coefficient (Wildman–Crippen LogP) is 2.69. The number of ether oxygens (including phenoxy) is 1. The molecule has 0 radical (unpaired) electrons. The molecule has 1 amide bonds. The molecular weight excluding hydrogens is 275 g/mol. The Balaban J connectivity index is 1.91. The molecule has 1 N–H and O–H groups in total. The van der Waals surface area contributed by atoms with Crippen LogP contribution in [0.2, 0.25) is 10.2 Å². The number of halogens is 2. The highest BCUT2D eigenvalue weighted by atomic mass is 35.5. The van der Waals surface area contributed by atoms with Gasteiger partial charge < -0.3 is 10.1 Å². The van der Waals surface area contributed by atoms with E-state index in [0.29, 0.717) is 11.6 Å². The van der Waals surface area contributed by atoms with Crippen LogP contribution in [-0.2, 0) is 4.74 Å². The number of carbonyl (C=O) groups excluding carboxylic acids is 1. The van der Waals surface area contributed by atoms with Crippen molar-refractivity contribution in [2.24, 2.45) is 0 Å². The fourth-order valence-electron chi connectivity index (χ4n) is 1.89. The molecule has 1 aliphatic rings. The van der Waals surface area contributed by atoms with Crippen LogP contribution in [0.1, 0.15) is 30.3 Å². The lowest BCUT2D eigenvalue weighted by Gasteiger charge is -2.35. The van der Waals surface area contributed by atoms with Gasteiger partial charge in [-0.25, -0.2) is 4.98 Å². The van der Waals surface area contributed by atoms with Crippen LogP contribution in [0.5, 0.6) is 0 Å². The second-order valence-corrected chi connectivity index (χ2v) is 4.98. The SMILES string of the molecule is CCOC1CC(NC(=O)c2nc(Cl)ccc2Cl)C1. The Bertz CT molecular complexity index is 448. The minimum absolute atomic E-state index is 0.130. The first-order valence-electron chi connectivity index (χ1n) is 5.84. The van der Waals surface area contributed by atoms with Crippen molar-refractivity contribution in [1.29, 1.82) is 0 Å². The van der Waals surface area contributed by atoms with Gasteiger partial charge >= 0.3 is 0 Å². The molecule has 0 saturated heterocycles. The van der Waals surface area contributed by atoms with Gasteiger partial charge in [0.25, 0.3) is 5.91 Å². The van der Waals surface area contributed by atoms with E-state index in [1.807, 2.05) is 6.92 Å². The number of rotatable bonds is 4. The first-order valence-corrected chi connectivity index (χ1v) is 6.60. The van der Waals surface area contributed by atoms with E-state index in [9.17, 15) is 4.79 Å². The Morgan fingerprint density at radius 3 is 2.89 bits per heavy atom. The van der Waals surface area contributed by atoms with Gasteiger partial charge in [-0.3, -0.25) is 4.79 Å². The van der Waals surface area contributed by atoms with Crippen molar-refractivity contribution >= 4 is 29.1 Å². The third kappa shape index (κ3) is 3.13. The van der Waals surface area contributed by atoms with E-state index in [-0.39, 0.29) is 28.9 Å². The minimum atomic E-state index is -0.289. The molecular formula is C12H14Cl2N2O2. The molecule has 0 aromatic carbocycles. The molecule has 6 heteroatoms. The molecule has 18 heavy (non-hydrogen) atoms. The standard InChI is InChI=1S/C12H14Cl2N2O2/c1-2-18-8-5-7(6-8)15-12(17)11-9(13)3-4-10(14)16-11/h3-4,7-8H,2,5-6H2,1H3,(H,15,17). The van der Waals surface area contributed by atoms with Gasteiger partial charge in [-0.1, -0.05) is 23.2 Å². The lowest BCUT2D eigenvalue weighted by molar-refractivity contribution is -0.00866. The van der Waals surface area contributed by atoms with Crippen LogP contribution in [0.3, 0.4) is 0 Å². The van der Waals surface area contributed by atoms with E-state index >= 15 is 0 Å². The lowest BCUT2D eigenvalue weighted by Crippen LogP contribution is -2.48. The van der Waals surface area contributed by atoms with Crippen LogP contribution in [-0.4, -0.2) is 29.6 Å². The van der Waals surface area contributed by atoms with Crippen molar-refractivity contribution in [3.05, 3.63) is 28.0 Å². The Morgan fingerprint density at radius 2 is 2.22 bits per heavy atom. The molecule has 2 rings (SSSR count). The summed E-state index contributed by atoms with van der Waals surface area (Å²) in [6.45, 7) is 2.66. The molecule has 4 nitrogen and oxygen atoms in total. The molecule has 98 valence electrons. The van der Waals surface area contributed by atoms with Gasteiger partial charge in [0.05, 0.1) is 11.1 Å². The largest absolute Gasteiger partial charge is 0.378 e. The normalized spacial score (nSPS) is 22.4. The Morgan fingerprint density at radius 1 is 1.50 bits per heavy atom. The van der Waals surface area contributed by atoms with E-state index < -0.39 is 0 Å². The van der Waals surface area contributed by atoms with Crippen molar-refractivity contribution in [1.82, 2.24) is 10.3 Å². The molecule has 1 aliphatic carbocycles. The van der Waals surface area contributed by atoms with Gasteiger partial charge in [-0.2, -0.15) is 0 Å². The first kappa shape index (κ1) is 13.6. The number of hydrogen-bond donors (Lipinski definition) is 1. The summed E-state index contributed by atoms with van der Waals surface area (Å²) in [5, 5.41) is 3.42. The number of carbonyl (C=O) groups is 1. The second-order valence-electron chi connectivity index (χ2n) is 4.18. The van der Waals surface area contributed by atoms with Gasteiger partial charge in [0.1, 0.15) is 10.8 Å². The zero-order valence-corrected chi connectivity index (χ0v) is 11.5. The maximum absolute atomic E-state index is 11.9. The number of nitrogens with one attached hydrogen (secondary N) is 1. The fraction of sp³-hybridized carbons (Fsp3) is 0.500. The smallest absolute Gasteiger partial charge is 0.271 e. The molecule has 0 unspecified atom stereocenters. The monoisotopic (exact) mass is 288 g/mol. The molecule has 0 atom stereocenters. The van der Waals surface area contributed by atoms with Crippen LogP contribution in [0.15, 0.2) is 12.1 Å².